The summed E-state index contributed by atoms with van der Waals surface area (Å²) in [5.41, 5.74) is 1.07. The van der Waals surface area contributed by atoms with Crippen molar-refractivity contribution in [2.24, 2.45) is 0 Å². The number of hydrogen-bond donors (Lipinski definition) is 0. The van der Waals surface area contributed by atoms with Crippen molar-refractivity contribution in [1.82, 2.24) is 0 Å². The molecule has 0 aliphatic heterocycles. The van der Waals surface area contributed by atoms with Crippen LogP contribution in [-0.2, 0) is 0 Å². The molecule has 0 saturated heterocycles. The highest BCUT2D eigenvalue weighted by molar-refractivity contribution is 5.16. The average Bonchev–Trinajstić information content (AvgIpc) is 1.69. The topological polar surface area (TPSA) is 0 Å². The lowest BCUT2D eigenvalue weighted by molar-refractivity contribution is 1.62. The highest BCUT2D eigenvalue weighted by Crippen LogP contribution is 1.92. The van der Waals surface area contributed by atoms with Gasteiger partial charge in [0.2, 0.25) is 0 Å². The zero-order valence-corrected chi connectivity index (χ0v) is 5.09. The molecule has 0 bridgehead atoms. The van der Waals surface area contributed by atoms with Crippen LogP contribution in [0, 0.1) is 14.4 Å². The molecule has 0 saturated carbocycles. The molecule has 0 unspecified atom stereocenters. The molecule has 1 rings (SSSR count). The molecule has 0 aromatic heterocycles. The summed E-state index contributed by atoms with van der Waals surface area (Å²) >= 11 is 0. The van der Waals surface area contributed by atoms with E-state index in [1.54, 1.807) is 0 Å². The normalized spacial score (nSPS) is 7.62. The Labute approximate surface area is 51.2 Å². The van der Waals surface area contributed by atoms with Crippen molar-refractivity contribution in [3.8, 4) is 0 Å². The number of hydrogen-bond acceptors (Lipinski definition) is 0. The van der Waals surface area contributed by atoms with Gasteiger partial charge in [-0.1, -0.05) is 37.8 Å². The summed E-state index contributed by atoms with van der Waals surface area (Å²) < 4.78 is 0. The predicted molar refractivity (Wildman–Crippen MR) is 37.3 cm³/mol. The maximum atomic E-state index is 3.72. The van der Waals surface area contributed by atoms with Gasteiger partial charge in [0.05, 0.1) is 0 Å². The van der Waals surface area contributed by atoms with Crippen LogP contribution >= 0.6 is 0 Å². The highest BCUT2D eigenvalue weighted by Gasteiger charge is 1.72. The van der Waals surface area contributed by atoms with Gasteiger partial charge in [-0.15, -0.1) is 0 Å². The molecule has 0 N–H and O–H groups in total. The van der Waals surface area contributed by atoms with E-state index in [0.29, 0.717) is 0 Å². The molecular formula is C8H10. The van der Waals surface area contributed by atoms with E-state index in [1.807, 2.05) is 30.3 Å². The Morgan fingerprint density at radius 3 is 1.75 bits per heavy atom. The third-order valence-electron chi connectivity index (χ3n) is 0.843. The second-order valence-electron chi connectivity index (χ2n) is 1.49. The molecule has 2 radical (unpaired) electrons. The zero-order valence-electron chi connectivity index (χ0n) is 5.09. The molecule has 1 aromatic rings. The van der Waals surface area contributed by atoms with E-state index >= 15 is 0 Å². The van der Waals surface area contributed by atoms with E-state index in [4.69, 9.17) is 0 Å². The summed E-state index contributed by atoms with van der Waals surface area (Å²) in [5, 5.41) is 0. The van der Waals surface area contributed by atoms with Crippen LogP contribution < -0.4 is 0 Å². The van der Waals surface area contributed by atoms with Gasteiger partial charge in [-0.2, -0.15) is 0 Å². The SMILES string of the molecule is [CH2]c1ccccc1.[CH3]. The predicted octanol–water partition coefficient (Wildman–Crippen LogP) is 2.32. The minimum Gasteiger partial charge on any atom is -0.0683 e. The summed E-state index contributed by atoms with van der Waals surface area (Å²) in [4.78, 5) is 0. The minimum atomic E-state index is 0. The molecule has 0 heterocycles. The second kappa shape index (κ2) is 3.25. The molecule has 0 fully saturated rings. The van der Waals surface area contributed by atoms with E-state index in [9.17, 15) is 0 Å². The Kier molecular flexibility index (Phi) is 2.93. The van der Waals surface area contributed by atoms with Gasteiger partial charge in [-0.05, 0) is 12.5 Å². The molecule has 1 aromatic carbocycles. The zero-order chi connectivity index (χ0) is 5.11. The van der Waals surface area contributed by atoms with Crippen LogP contribution in [0.25, 0.3) is 0 Å². The summed E-state index contributed by atoms with van der Waals surface area (Å²) in [5.74, 6) is 0. The fourth-order valence-corrected chi connectivity index (χ4v) is 0.478. The Hall–Kier alpha value is -0.780. The Morgan fingerprint density at radius 2 is 1.50 bits per heavy atom. The van der Waals surface area contributed by atoms with E-state index in [-0.39, 0.29) is 7.43 Å². The standard InChI is InChI=1S/C7H7.CH3/c1-7-5-3-2-4-6-7;/h2-6H,1H2;1H3. The molecule has 0 amide bonds. The van der Waals surface area contributed by atoms with Gasteiger partial charge in [-0.3, -0.25) is 0 Å². The summed E-state index contributed by atoms with van der Waals surface area (Å²) in [6.07, 6.45) is 0. The average molecular weight is 106 g/mol. The van der Waals surface area contributed by atoms with Gasteiger partial charge >= 0.3 is 0 Å². The summed E-state index contributed by atoms with van der Waals surface area (Å²) in [6.45, 7) is 3.72. The first kappa shape index (κ1) is 7.22. The van der Waals surface area contributed by atoms with Crippen LogP contribution in [0.2, 0.25) is 0 Å². The van der Waals surface area contributed by atoms with Gasteiger partial charge in [0.25, 0.3) is 0 Å². The van der Waals surface area contributed by atoms with Gasteiger partial charge in [0.1, 0.15) is 0 Å². The van der Waals surface area contributed by atoms with Crippen molar-refractivity contribution in [3.63, 3.8) is 0 Å². The maximum Gasteiger partial charge on any atom is -0.0238 e. The van der Waals surface area contributed by atoms with Crippen molar-refractivity contribution >= 4 is 0 Å². The van der Waals surface area contributed by atoms with Crippen molar-refractivity contribution in [2.45, 2.75) is 0 Å². The van der Waals surface area contributed by atoms with E-state index in [1.165, 1.54) is 0 Å². The Bertz CT molecular complexity index is 130. The Balaban J connectivity index is 0.000000490. The fraction of sp³-hybridized carbons (Fsp3) is 0. The third-order valence-corrected chi connectivity index (χ3v) is 0.843. The lowest BCUT2D eigenvalue weighted by Gasteiger charge is -1.82. The molecule has 8 heavy (non-hydrogen) atoms. The van der Waals surface area contributed by atoms with Crippen molar-refractivity contribution in [2.75, 3.05) is 0 Å². The summed E-state index contributed by atoms with van der Waals surface area (Å²) in [6, 6.07) is 9.87. The molecule has 42 valence electrons. The quantitative estimate of drug-likeness (QED) is 0.476. The van der Waals surface area contributed by atoms with Gasteiger partial charge < -0.3 is 0 Å². The molecular weight excluding hydrogens is 96.1 g/mol. The lowest BCUT2D eigenvalue weighted by atomic mass is 10.2. The fourth-order valence-electron chi connectivity index (χ4n) is 0.478. The van der Waals surface area contributed by atoms with Crippen LogP contribution in [0.3, 0.4) is 0 Å². The van der Waals surface area contributed by atoms with Crippen LogP contribution in [0.5, 0.6) is 0 Å². The molecule has 0 atom stereocenters. The van der Waals surface area contributed by atoms with Crippen LogP contribution in [0.4, 0.5) is 0 Å². The molecule has 0 aliphatic rings. The maximum absolute atomic E-state index is 3.72. The van der Waals surface area contributed by atoms with Crippen LogP contribution in [0.1, 0.15) is 5.56 Å². The van der Waals surface area contributed by atoms with Gasteiger partial charge in [0.15, 0.2) is 0 Å². The Morgan fingerprint density at radius 1 is 1.00 bits per heavy atom. The van der Waals surface area contributed by atoms with Crippen LogP contribution in [0.15, 0.2) is 30.3 Å². The molecule has 0 spiro atoms. The first-order chi connectivity index (χ1) is 3.39. The van der Waals surface area contributed by atoms with E-state index in [0.717, 1.165) is 5.56 Å². The minimum absolute atomic E-state index is 0. The monoisotopic (exact) mass is 106 g/mol. The van der Waals surface area contributed by atoms with Crippen LogP contribution in [-0.4, -0.2) is 0 Å². The van der Waals surface area contributed by atoms with Gasteiger partial charge in [-0.25, -0.2) is 0 Å². The third kappa shape index (κ3) is 1.78. The van der Waals surface area contributed by atoms with E-state index < -0.39 is 0 Å². The molecule has 0 nitrogen and oxygen atoms in total. The number of benzene rings is 1. The first-order valence-corrected chi connectivity index (χ1v) is 2.26. The second-order valence-corrected chi connectivity index (χ2v) is 1.49. The van der Waals surface area contributed by atoms with Crippen molar-refractivity contribution in [3.05, 3.63) is 50.2 Å². The lowest BCUT2D eigenvalue weighted by Crippen LogP contribution is -1.62. The number of rotatable bonds is 0. The largest absolute Gasteiger partial charge is 0.0683 e. The smallest absolute Gasteiger partial charge is 0.0238 e. The highest BCUT2D eigenvalue weighted by atomic mass is 13.8. The van der Waals surface area contributed by atoms with Crippen molar-refractivity contribution in [1.29, 1.82) is 0 Å². The summed E-state index contributed by atoms with van der Waals surface area (Å²) in [7, 11) is 0. The van der Waals surface area contributed by atoms with E-state index in [2.05, 4.69) is 6.92 Å². The molecule has 0 aliphatic carbocycles. The van der Waals surface area contributed by atoms with Crippen molar-refractivity contribution < 1.29 is 0 Å². The molecule has 0 heteroatoms. The van der Waals surface area contributed by atoms with Gasteiger partial charge in [0, 0.05) is 0 Å². The first-order valence-electron chi connectivity index (χ1n) is 2.26.